The number of aliphatic hydroxyl groups is 1. The Balaban J connectivity index is 2.74. The Morgan fingerprint density at radius 1 is 1.53 bits per heavy atom. The molecule has 1 aromatic heterocycles. The maximum absolute atomic E-state index is 11.4. The van der Waals surface area contributed by atoms with Crippen LogP contribution in [0.15, 0.2) is 10.9 Å². The summed E-state index contributed by atoms with van der Waals surface area (Å²) in [4.78, 5) is 20.4. The van der Waals surface area contributed by atoms with Crippen LogP contribution in [0, 0.1) is 0 Å². The van der Waals surface area contributed by atoms with Gasteiger partial charge < -0.3 is 10.1 Å². The van der Waals surface area contributed by atoms with E-state index in [0.29, 0.717) is 18.9 Å². The molecule has 0 saturated heterocycles. The van der Waals surface area contributed by atoms with Crippen LogP contribution in [0.1, 0.15) is 32.3 Å². The fraction of sp³-hybridized carbons (Fsp3) is 0.667. The molecule has 17 heavy (non-hydrogen) atoms. The molecule has 0 aromatic carbocycles. The number of aryl methyl sites for hydroxylation is 1. The smallest absolute Gasteiger partial charge is 0.251 e. The van der Waals surface area contributed by atoms with Crippen molar-refractivity contribution < 1.29 is 5.11 Å². The van der Waals surface area contributed by atoms with Crippen molar-refractivity contribution >= 4 is 0 Å². The van der Waals surface area contributed by atoms with Crippen LogP contribution < -0.4 is 5.56 Å². The standard InChI is InChI=1S/C12H21N3O2/c1-5-9-6-11(16)14-10(13-9)7-15(4)8-12(2,3)17/h6,17H,5,7-8H2,1-4H3,(H,13,14,16). The highest BCUT2D eigenvalue weighted by molar-refractivity contribution is 5.02. The molecule has 0 spiro atoms. The monoisotopic (exact) mass is 239 g/mol. The molecule has 0 aliphatic carbocycles. The summed E-state index contributed by atoms with van der Waals surface area (Å²) in [5.74, 6) is 0.640. The Morgan fingerprint density at radius 2 is 2.18 bits per heavy atom. The predicted molar refractivity (Wildman–Crippen MR) is 66.9 cm³/mol. The molecule has 0 radical (unpaired) electrons. The summed E-state index contributed by atoms with van der Waals surface area (Å²) in [5.41, 5.74) is -0.0823. The summed E-state index contributed by atoms with van der Waals surface area (Å²) in [6.45, 7) is 6.51. The minimum absolute atomic E-state index is 0.122. The van der Waals surface area contributed by atoms with Crippen LogP contribution >= 0.6 is 0 Å². The minimum atomic E-state index is -0.753. The molecule has 0 bridgehead atoms. The zero-order valence-electron chi connectivity index (χ0n) is 10.9. The maximum Gasteiger partial charge on any atom is 0.251 e. The summed E-state index contributed by atoms with van der Waals surface area (Å²) in [5, 5.41) is 9.69. The Morgan fingerprint density at radius 3 is 2.71 bits per heavy atom. The van der Waals surface area contributed by atoms with Gasteiger partial charge in [-0.2, -0.15) is 0 Å². The molecule has 0 atom stereocenters. The molecule has 2 N–H and O–H groups in total. The average Bonchev–Trinajstić information content (AvgIpc) is 2.13. The Bertz CT molecular complexity index is 420. The third-order valence-electron chi connectivity index (χ3n) is 2.28. The van der Waals surface area contributed by atoms with Crippen molar-refractivity contribution in [3.05, 3.63) is 27.9 Å². The second kappa shape index (κ2) is 5.42. The summed E-state index contributed by atoms with van der Waals surface area (Å²) in [6.07, 6.45) is 0.742. The van der Waals surface area contributed by atoms with Gasteiger partial charge in [-0.25, -0.2) is 4.98 Å². The number of likely N-dealkylation sites (N-methyl/N-ethyl adjacent to an activating group) is 1. The summed E-state index contributed by atoms with van der Waals surface area (Å²) in [7, 11) is 1.89. The Kier molecular flexibility index (Phi) is 4.42. The topological polar surface area (TPSA) is 69.2 Å². The number of nitrogens with one attached hydrogen (secondary N) is 1. The fourth-order valence-corrected chi connectivity index (χ4v) is 1.79. The lowest BCUT2D eigenvalue weighted by molar-refractivity contribution is 0.0418. The lowest BCUT2D eigenvalue weighted by atomic mass is 10.1. The molecule has 0 fully saturated rings. The van der Waals surface area contributed by atoms with Crippen molar-refractivity contribution in [1.82, 2.24) is 14.9 Å². The van der Waals surface area contributed by atoms with E-state index in [1.807, 2.05) is 18.9 Å². The molecule has 5 heteroatoms. The van der Waals surface area contributed by atoms with Gasteiger partial charge in [0.2, 0.25) is 0 Å². The van der Waals surface area contributed by atoms with E-state index in [9.17, 15) is 9.90 Å². The molecule has 1 aromatic rings. The molecular weight excluding hydrogens is 218 g/mol. The van der Waals surface area contributed by atoms with Gasteiger partial charge in [0.1, 0.15) is 5.82 Å². The first-order chi connectivity index (χ1) is 7.80. The first-order valence-electron chi connectivity index (χ1n) is 5.80. The number of nitrogens with zero attached hydrogens (tertiary/aromatic N) is 2. The van der Waals surface area contributed by atoms with Crippen LogP contribution in [-0.4, -0.2) is 39.2 Å². The largest absolute Gasteiger partial charge is 0.389 e. The molecule has 96 valence electrons. The molecule has 1 heterocycles. The molecule has 0 aliphatic heterocycles. The molecule has 0 unspecified atom stereocenters. The molecule has 0 saturated carbocycles. The van der Waals surface area contributed by atoms with Crippen molar-refractivity contribution in [3.63, 3.8) is 0 Å². The van der Waals surface area contributed by atoms with Crippen LogP contribution in [0.5, 0.6) is 0 Å². The van der Waals surface area contributed by atoms with E-state index in [2.05, 4.69) is 9.97 Å². The van der Waals surface area contributed by atoms with E-state index in [-0.39, 0.29) is 5.56 Å². The fourth-order valence-electron chi connectivity index (χ4n) is 1.79. The van der Waals surface area contributed by atoms with Crippen LogP contribution in [-0.2, 0) is 13.0 Å². The lowest BCUT2D eigenvalue weighted by Crippen LogP contribution is -2.36. The normalized spacial score (nSPS) is 12.1. The molecule has 0 amide bonds. The molecule has 0 aliphatic rings. The number of rotatable bonds is 5. The van der Waals surface area contributed by atoms with Gasteiger partial charge in [-0.15, -0.1) is 0 Å². The van der Waals surface area contributed by atoms with Gasteiger partial charge in [-0.1, -0.05) is 6.92 Å². The van der Waals surface area contributed by atoms with Crippen molar-refractivity contribution in [3.8, 4) is 0 Å². The molecule has 5 nitrogen and oxygen atoms in total. The maximum atomic E-state index is 11.4. The van der Waals surface area contributed by atoms with Crippen molar-refractivity contribution in [2.75, 3.05) is 13.6 Å². The summed E-state index contributed by atoms with van der Waals surface area (Å²) >= 11 is 0. The first-order valence-corrected chi connectivity index (χ1v) is 5.80. The van der Waals surface area contributed by atoms with Gasteiger partial charge in [-0.05, 0) is 27.3 Å². The number of H-pyrrole nitrogens is 1. The quantitative estimate of drug-likeness (QED) is 0.786. The lowest BCUT2D eigenvalue weighted by Gasteiger charge is -2.24. The molecular formula is C12H21N3O2. The highest BCUT2D eigenvalue weighted by atomic mass is 16.3. The SMILES string of the molecule is CCc1cc(=O)[nH]c(CN(C)CC(C)(C)O)n1. The third kappa shape index (κ3) is 5.10. The highest BCUT2D eigenvalue weighted by Crippen LogP contribution is 2.05. The van der Waals surface area contributed by atoms with Gasteiger partial charge in [0.25, 0.3) is 5.56 Å². The average molecular weight is 239 g/mol. The van der Waals surface area contributed by atoms with Crippen LogP contribution in [0.3, 0.4) is 0 Å². The third-order valence-corrected chi connectivity index (χ3v) is 2.28. The van der Waals surface area contributed by atoms with Crippen molar-refractivity contribution in [2.45, 2.75) is 39.3 Å². The minimum Gasteiger partial charge on any atom is -0.389 e. The number of aromatic amines is 1. The van der Waals surface area contributed by atoms with Crippen LogP contribution in [0.25, 0.3) is 0 Å². The van der Waals surface area contributed by atoms with E-state index >= 15 is 0 Å². The van der Waals surface area contributed by atoms with E-state index in [1.54, 1.807) is 13.8 Å². The van der Waals surface area contributed by atoms with Crippen molar-refractivity contribution in [1.29, 1.82) is 0 Å². The van der Waals surface area contributed by atoms with Crippen molar-refractivity contribution in [2.24, 2.45) is 0 Å². The Labute approximate surface area is 102 Å². The van der Waals surface area contributed by atoms with E-state index < -0.39 is 5.60 Å². The van der Waals surface area contributed by atoms with Gasteiger partial charge >= 0.3 is 0 Å². The first kappa shape index (κ1) is 13.9. The van der Waals surface area contributed by atoms with Gasteiger partial charge in [0.05, 0.1) is 12.1 Å². The summed E-state index contributed by atoms with van der Waals surface area (Å²) < 4.78 is 0. The zero-order valence-corrected chi connectivity index (χ0v) is 10.9. The van der Waals surface area contributed by atoms with Gasteiger partial charge in [0.15, 0.2) is 0 Å². The second-order valence-corrected chi connectivity index (χ2v) is 5.02. The van der Waals surface area contributed by atoms with Crippen LogP contribution in [0.4, 0.5) is 0 Å². The number of aromatic nitrogens is 2. The van der Waals surface area contributed by atoms with E-state index in [1.165, 1.54) is 6.07 Å². The second-order valence-electron chi connectivity index (χ2n) is 5.02. The number of hydrogen-bond donors (Lipinski definition) is 2. The van der Waals surface area contributed by atoms with E-state index in [4.69, 9.17) is 0 Å². The van der Waals surface area contributed by atoms with Gasteiger partial charge in [0, 0.05) is 18.3 Å². The molecule has 1 rings (SSSR count). The zero-order chi connectivity index (χ0) is 13.1. The Hall–Kier alpha value is -1.20. The summed E-state index contributed by atoms with van der Waals surface area (Å²) in [6, 6.07) is 1.51. The van der Waals surface area contributed by atoms with Crippen LogP contribution in [0.2, 0.25) is 0 Å². The van der Waals surface area contributed by atoms with E-state index in [0.717, 1.165) is 12.1 Å². The number of hydrogen-bond acceptors (Lipinski definition) is 4. The highest BCUT2D eigenvalue weighted by Gasteiger charge is 2.16. The van der Waals surface area contributed by atoms with Gasteiger partial charge in [-0.3, -0.25) is 9.69 Å². The predicted octanol–water partition coefficient (Wildman–Crippen LogP) is 0.535.